The van der Waals surface area contributed by atoms with Gasteiger partial charge in [-0.1, -0.05) is 36.4 Å². The van der Waals surface area contributed by atoms with Crippen molar-refractivity contribution in [2.24, 2.45) is 7.05 Å². The number of aryl methyl sites for hydroxylation is 1. The highest BCUT2D eigenvalue weighted by Gasteiger charge is 2.12. The molecule has 4 aromatic carbocycles. The maximum atomic E-state index is 11.5. The fourth-order valence-electron chi connectivity index (χ4n) is 4.36. The number of benzene rings is 4. The van der Waals surface area contributed by atoms with Crippen LogP contribution >= 0.6 is 0 Å². The number of methoxy groups -OCH3 is 2. The molecule has 0 spiro atoms. The van der Waals surface area contributed by atoms with Gasteiger partial charge in [-0.3, -0.25) is 14.4 Å². The number of aromatic nitrogens is 1. The Kier molecular flexibility index (Phi) is 12.2. The van der Waals surface area contributed by atoms with E-state index in [9.17, 15) is 14.4 Å². The summed E-state index contributed by atoms with van der Waals surface area (Å²) in [5.74, 6) is 1.40. The van der Waals surface area contributed by atoms with Crippen LogP contribution in [0.15, 0.2) is 121 Å². The summed E-state index contributed by atoms with van der Waals surface area (Å²) >= 11 is 0. The van der Waals surface area contributed by atoms with E-state index in [0.29, 0.717) is 17.1 Å². The highest BCUT2D eigenvalue weighted by molar-refractivity contribution is 5.97. The van der Waals surface area contributed by atoms with Crippen LogP contribution in [0.1, 0.15) is 52.0 Å². The predicted octanol–water partition coefficient (Wildman–Crippen LogP) is 8.49. The van der Waals surface area contributed by atoms with Gasteiger partial charge in [-0.05, 0) is 92.7 Å². The smallest absolute Gasteiger partial charge is 0.176 e. The first-order valence-corrected chi connectivity index (χ1v) is 14.0. The molecule has 1 aromatic heterocycles. The number of ether oxygens (including phenoxy) is 2. The first kappa shape index (κ1) is 33.1. The lowest BCUT2D eigenvalue weighted by molar-refractivity contribution is 0.0999. The van der Waals surface area contributed by atoms with Crippen LogP contribution in [0.25, 0.3) is 0 Å². The molecule has 1 heterocycles. The third-order valence-corrected chi connectivity index (χ3v) is 6.65. The van der Waals surface area contributed by atoms with Crippen LogP contribution in [-0.4, -0.2) is 36.1 Å². The molecule has 5 rings (SSSR count). The number of para-hydroxylation sites is 2. The molecule has 5 aromatic rings. The first-order valence-electron chi connectivity index (χ1n) is 14.0. The van der Waals surface area contributed by atoms with E-state index in [4.69, 9.17) is 9.47 Å². The zero-order valence-electron chi connectivity index (χ0n) is 26.0. The molecule has 0 saturated carbocycles. The summed E-state index contributed by atoms with van der Waals surface area (Å²) in [5.41, 5.74) is 5.23. The molecular weight excluding hydrogens is 552 g/mol. The molecule has 0 aliphatic carbocycles. The van der Waals surface area contributed by atoms with Crippen molar-refractivity contribution in [3.63, 3.8) is 0 Å². The largest absolute Gasteiger partial charge is 0.497 e. The van der Waals surface area contributed by atoms with E-state index < -0.39 is 0 Å². The number of hydrogen-bond acceptors (Lipinski definition) is 6. The van der Waals surface area contributed by atoms with Crippen molar-refractivity contribution in [1.29, 1.82) is 0 Å². The maximum absolute atomic E-state index is 11.5. The summed E-state index contributed by atoms with van der Waals surface area (Å²) in [7, 11) is 4.96. The summed E-state index contributed by atoms with van der Waals surface area (Å²) in [4.78, 5) is 35.5. The fourth-order valence-corrected chi connectivity index (χ4v) is 4.36. The third-order valence-electron chi connectivity index (χ3n) is 6.65. The minimum absolute atomic E-state index is 0.0317. The average Bonchev–Trinajstić information content (AvgIpc) is 3.49. The van der Waals surface area contributed by atoms with Gasteiger partial charge < -0.3 is 18.9 Å². The number of nitrogens with zero attached hydrogens (tertiary/aromatic N) is 2. The third kappa shape index (κ3) is 9.03. The Morgan fingerprint density at radius 1 is 0.591 bits per heavy atom. The molecule has 0 fully saturated rings. The molecule has 0 bridgehead atoms. The monoisotopic (exact) mass is 590 g/mol. The van der Waals surface area contributed by atoms with Gasteiger partial charge in [0, 0.05) is 42.8 Å². The van der Waals surface area contributed by atoms with E-state index in [-0.39, 0.29) is 17.3 Å². The van der Waals surface area contributed by atoms with E-state index in [1.54, 1.807) is 39.2 Å². The van der Waals surface area contributed by atoms with Crippen molar-refractivity contribution in [2.75, 3.05) is 19.1 Å². The molecule has 0 saturated heterocycles. The van der Waals surface area contributed by atoms with Gasteiger partial charge in [0.1, 0.15) is 11.5 Å². The van der Waals surface area contributed by atoms with Crippen molar-refractivity contribution in [1.82, 2.24) is 4.57 Å². The first-order chi connectivity index (χ1) is 21.2. The highest BCUT2D eigenvalue weighted by Crippen LogP contribution is 2.34. The van der Waals surface area contributed by atoms with E-state index in [2.05, 4.69) is 29.2 Å². The zero-order chi connectivity index (χ0) is 32.1. The number of ketones is 3. The Bertz CT molecular complexity index is 1620. The molecular formula is C37H38N2O5. The van der Waals surface area contributed by atoms with E-state index >= 15 is 0 Å². The number of carbonyl (C=O) groups excluding carboxylic acids is 3. The fraction of sp³-hybridized carbons (Fsp3) is 0.162. The second-order valence-corrected chi connectivity index (χ2v) is 9.79. The lowest BCUT2D eigenvalue weighted by Gasteiger charge is -2.25. The molecule has 226 valence electrons. The number of hydrogen-bond donors (Lipinski definition) is 0. The minimum Gasteiger partial charge on any atom is -0.497 e. The van der Waals surface area contributed by atoms with Crippen molar-refractivity contribution in [3.05, 3.63) is 138 Å². The lowest BCUT2D eigenvalue weighted by Crippen LogP contribution is -2.09. The Labute approximate surface area is 259 Å². The predicted molar refractivity (Wildman–Crippen MR) is 176 cm³/mol. The Balaban J connectivity index is 0.000000203. The van der Waals surface area contributed by atoms with Gasteiger partial charge in [0.2, 0.25) is 0 Å². The van der Waals surface area contributed by atoms with Gasteiger partial charge in [0.15, 0.2) is 17.3 Å². The molecule has 0 unspecified atom stereocenters. The van der Waals surface area contributed by atoms with Gasteiger partial charge in [0.25, 0.3) is 0 Å². The Hall–Kier alpha value is -5.43. The minimum atomic E-state index is -0.0317. The summed E-state index contributed by atoms with van der Waals surface area (Å²) in [6, 6.07) is 36.9. The molecule has 0 atom stereocenters. The lowest BCUT2D eigenvalue weighted by atomic mass is 10.1. The molecule has 0 amide bonds. The standard InChI is InChI=1S/C20H17NO.C10H12O3.C7H9NO/c1-16(22)17-12-14-20(15-13-17)21(18-8-4-2-5-9-18)19-10-6-3-7-11-19;1-7(11)9-6-8(12-2)4-5-10(9)13-3;1-6(9)7-4-3-5-8(7)2/h2-15H,1H3;4-6H,1-3H3;3-5H,1-2H3. The van der Waals surface area contributed by atoms with E-state index in [0.717, 1.165) is 28.3 Å². The quantitative estimate of drug-likeness (QED) is 0.169. The van der Waals surface area contributed by atoms with Crippen molar-refractivity contribution in [2.45, 2.75) is 20.8 Å². The zero-order valence-corrected chi connectivity index (χ0v) is 26.0. The van der Waals surface area contributed by atoms with Crippen LogP contribution in [0, 0.1) is 0 Å². The molecule has 0 radical (unpaired) electrons. The van der Waals surface area contributed by atoms with Gasteiger partial charge in [-0.2, -0.15) is 0 Å². The highest BCUT2D eigenvalue weighted by atomic mass is 16.5. The van der Waals surface area contributed by atoms with Crippen LogP contribution in [0.4, 0.5) is 17.1 Å². The van der Waals surface area contributed by atoms with Gasteiger partial charge in [-0.25, -0.2) is 0 Å². The molecule has 0 aliphatic rings. The van der Waals surface area contributed by atoms with Crippen LogP contribution in [0.5, 0.6) is 11.5 Å². The number of Topliss-reactive ketones (excluding diaryl/α,β-unsaturated/α-hetero) is 3. The average molecular weight is 591 g/mol. The molecule has 7 heteroatoms. The summed E-state index contributed by atoms with van der Waals surface area (Å²) in [6.07, 6.45) is 1.86. The van der Waals surface area contributed by atoms with Gasteiger partial charge in [-0.15, -0.1) is 0 Å². The molecule has 0 N–H and O–H groups in total. The summed E-state index contributed by atoms with van der Waals surface area (Å²) in [6.45, 7) is 4.65. The van der Waals surface area contributed by atoms with Crippen LogP contribution in [0.3, 0.4) is 0 Å². The van der Waals surface area contributed by atoms with Crippen molar-refractivity contribution < 1.29 is 23.9 Å². The Morgan fingerprint density at radius 2 is 1.14 bits per heavy atom. The number of rotatable bonds is 8. The van der Waals surface area contributed by atoms with Crippen LogP contribution in [0.2, 0.25) is 0 Å². The van der Waals surface area contributed by atoms with Crippen molar-refractivity contribution in [3.8, 4) is 11.5 Å². The van der Waals surface area contributed by atoms with Crippen LogP contribution in [-0.2, 0) is 7.05 Å². The van der Waals surface area contributed by atoms with Gasteiger partial charge >= 0.3 is 0 Å². The number of carbonyl (C=O) groups is 3. The van der Waals surface area contributed by atoms with Crippen molar-refractivity contribution >= 4 is 34.4 Å². The molecule has 0 aliphatic heterocycles. The Morgan fingerprint density at radius 3 is 1.52 bits per heavy atom. The summed E-state index contributed by atoms with van der Waals surface area (Å²) in [5, 5.41) is 0. The number of anilines is 3. The topological polar surface area (TPSA) is 77.8 Å². The normalized spacial score (nSPS) is 9.86. The maximum Gasteiger partial charge on any atom is 0.176 e. The van der Waals surface area contributed by atoms with E-state index in [1.807, 2.05) is 90.6 Å². The van der Waals surface area contributed by atoms with Gasteiger partial charge in [0.05, 0.1) is 25.5 Å². The second kappa shape index (κ2) is 16.3. The second-order valence-electron chi connectivity index (χ2n) is 9.79. The molecule has 44 heavy (non-hydrogen) atoms. The van der Waals surface area contributed by atoms with E-state index in [1.165, 1.54) is 14.0 Å². The van der Waals surface area contributed by atoms with Crippen LogP contribution < -0.4 is 14.4 Å². The molecule has 7 nitrogen and oxygen atoms in total. The SMILES string of the molecule is CC(=O)c1ccc(N(c2ccccc2)c2ccccc2)cc1.CC(=O)c1cccn1C.COc1ccc(OC)c(C(C)=O)c1. The summed E-state index contributed by atoms with van der Waals surface area (Å²) < 4.78 is 11.8.